The number of rotatable bonds is 3. The van der Waals surface area contributed by atoms with Crippen LogP contribution in [0.3, 0.4) is 0 Å². The molecule has 0 radical (unpaired) electrons. The average Bonchev–Trinajstić information content (AvgIpc) is 2.27. The molecule has 94 valence electrons. The standard InChI is InChI=1S/C13H14ClN3O/c1-8(2)18-11-4-10(6-15-7-11)12-5-13(14)17-9(3)16-12/h4-8H,1-3H3. The second kappa shape index (κ2) is 5.31. The van der Waals surface area contributed by atoms with Crippen molar-refractivity contribution in [2.24, 2.45) is 0 Å². The lowest BCUT2D eigenvalue weighted by Gasteiger charge is -2.10. The number of pyridine rings is 1. The van der Waals surface area contributed by atoms with Crippen LogP contribution in [0.5, 0.6) is 5.75 Å². The summed E-state index contributed by atoms with van der Waals surface area (Å²) in [5.74, 6) is 1.35. The first-order valence-corrected chi connectivity index (χ1v) is 6.05. The van der Waals surface area contributed by atoms with Crippen LogP contribution in [0.25, 0.3) is 11.3 Å². The molecule has 4 nitrogen and oxygen atoms in total. The Morgan fingerprint density at radius 2 is 1.94 bits per heavy atom. The summed E-state index contributed by atoms with van der Waals surface area (Å²) in [5, 5.41) is 0.424. The number of aryl methyl sites for hydroxylation is 1. The molecule has 0 saturated carbocycles. The van der Waals surface area contributed by atoms with Crippen LogP contribution >= 0.6 is 11.6 Å². The van der Waals surface area contributed by atoms with E-state index in [9.17, 15) is 0 Å². The second-order valence-corrected chi connectivity index (χ2v) is 4.59. The van der Waals surface area contributed by atoms with Gasteiger partial charge in [-0.15, -0.1) is 0 Å². The highest BCUT2D eigenvalue weighted by Gasteiger charge is 2.06. The molecule has 0 aliphatic carbocycles. The van der Waals surface area contributed by atoms with E-state index in [1.807, 2.05) is 19.9 Å². The smallest absolute Gasteiger partial charge is 0.138 e. The minimum Gasteiger partial charge on any atom is -0.489 e. The Morgan fingerprint density at radius 3 is 2.61 bits per heavy atom. The highest BCUT2D eigenvalue weighted by Crippen LogP contribution is 2.23. The van der Waals surface area contributed by atoms with Crippen LogP contribution in [-0.2, 0) is 0 Å². The van der Waals surface area contributed by atoms with Crippen molar-refractivity contribution in [1.82, 2.24) is 15.0 Å². The van der Waals surface area contributed by atoms with Crippen molar-refractivity contribution in [1.29, 1.82) is 0 Å². The zero-order valence-corrected chi connectivity index (χ0v) is 11.3. The summed E-state index contributed by atoms with van der Waals surface area (Å²) in [6, 6.07) is 3.61. The maximum absolute atomic E-state index is 5.92. The lowest BCUT2D eigenvalue weighted by Crippen LogP contribution is -2.05. The molecule has 2 heterocycles. The highest BCUT2D eigenvalue weighted by atomic mass is 35.5. The maximum Gasteiger partial charge on any atom is 0.138 e. The highest BCUT2D eigenvalue weighted by molar-refractivity contribution is 6.29. The summed E-state index contributed by atoms with van der Waals surface area (Å²) in [4.78, 5) is 12.5. The predicted octanol–water partition coefficient (Wildman–Crippen LogP) is 3.29. The van der Waals surface area contributed by atoms with Crippen LogP contribution in [0.15, 0.2) is 24.5 Å². The molecule has 0 N–H and O–H groups in total. The van der Waals surface area contributed by atoms with Crippen molar-refractivity contribution in [2.45, 2.75) is 26.9 Å². The molecule has 0 bridgehead atoms. The third-order valence-corrected chi connectivity index (χ3v) is 2.38. The topological polar surface area (TPSA) is 47.9 Å². The van der Waals surface area contributed by atoms with Gasteiger partial charge in [-0.2, -0.15) is 0 Å². The van der Waals surface area contributed by atoms with Crippen LogP contribution in [-0.4, -0.2) is 21.1 Å². The summed E-state index contributed by atoms with van der Waals surface area (Å²) < 4.78 is 5.60. The van der Waals surface area contributed by atoms with E-state index in [0.717, 1.165) is 17.0 Å². The molecule has 0 fully saturated rings. The Hall–Kier alpha value is -1.68. The van der Waals surface area contributed by atoms with Gasteiger partial charge in [-0.1, -0.05) is 11.6 Å². The van der Waals surface area contributed by atoms with Crippen molar-refractivity contribution in [3.05, 3.63) is 35.5 Å². The molecule has 18 heavy (non-hydrogen) atoms. The normalized spacial score (nSPS) is 10.7. The van der Waals surface area contributed by atoms with E-state index in [4.69, 9.17) is 16.3 Å². The van der Waals surface area contributed by atoms with Crippen LogP contribution in [0.1, 0.15) is 19.7 Å². The molecular formula is C13H14ClN3O. The van der Waals surface area contributed by atoms with E-state index in [0.29, 0.717) is 11.0 Å². The molecule has 2 rings (SSSR count). The summed E-state index contributed by atoms with van der Waals surface area (Å²) >= 11 is 5.92. The molecule has 2 aromatic heterocycles. The molecule has 0 spiro atoms. The predicted molar refractivity (Wildman–Crippen MR) is 70.8 cm³/mol. The summed E-state index contributed by atoms with van der Waals surface area (Å²) in [5.41, 5.74) is 1.61. The van der Waals surface area contributed by atoms with E-state index >= 15 is 0 Å². The van der Waals surface area contributed by atoms with Gasteiger partial charge in [0.05, 0.1) is 18.0 Å². The minimum absolute atomic E-state index is 0.109. The lowest BCUT2D eigenvalue weighted by molar-refractivity contribution is 0.241. The van der Waals surface area contributed by atoms with Gasteiger partial charge in [-0.25, -0.2) is 9.97 Å². The quantitative estimate of drug-likeness (QED) is 0.798. The lowest BCUT2D eigenvalue weighted by atomic mass is 10.2. The first kappa shape index (κ1) is 12.8. The summed E-state index contributed by atoms with van der Waals surface area (Å²) in [6.45, 7) is 5.74. The van der Waals surface area contributed by atoms with E-state index in [-0.39, 0.29) is 6.10 Å². The van der Waals surface area contributed by atoms with E-state index in [2.05, 4.69) is 15.0 Å². The third-order valence-electron chi connectivity index (χ3n) is 2.19. The van der Waals surface area contributed by atoms with Gasteiger partial charge < -0.3 is 4.74 Å². The van der Waals surface area contributed by atoms with Crippen LogP contribution in [0, 0.1) is 6.92 Å². The third kappa shape index (κ3) is 3.17. The molecule has 0 saturated heterocycles. The fourth-order valence-electron chi connectivity index (χ4n) is 1.57. The molecule has 5 heteroatoms. The Morgan fingerprint density at radius 1 is 1.17 bits per heavy atom. The van der Waals surface area contributed by atoms with Gasteiger partial charge in [-0.3, -0.25) is 4.98 Å². The van der Waals surface area contributed by atoms with Crippen molar-refractivity contribution < 1.29 is 4.74 Å². The van der Waals surface area contributed by atoms with Gasteiger partial charge in [0.25, 0.3) is 0 Å². The molecule has 0 amide bonds. The zero-order chi connectivity index (χ0) is 13.1. The summed E-state index contributed by atoms with van der Waals surface area (Å²) in [6.07, 6.45) is 3.52. The average molecular weight is 264 g/mol. The van der Waals surface area contributed by atoms with Crippen molar-refractivity contribution in [2.75, 3.05) is 0 Å². The Balaban J connectivity index is 2.38. The summed E-state index contributed by atoms with van der Waals surface area (Å²) in [7, 11) is 0. The fraction of sp³-hybridized carbons (Fsp3) is 0.308. The van der Waals surface area contributed by atoms with Gasteiger partial charge in [0, 0.05) is 17.8 Å². The van der Waals surface area contributed by atoms with Crippen LogP contribution < -0.4 is 4.74 Å². The minimum atomic E-state index is 0.109. The van der Waals surface area contributed by atoms with Gasteiger partial charge in [0.2, 0.25) is 0 Å². The second-order valence-electron chi connectivity index (χ2n) is 4.20. The Labute approximate surface area is 111 Å². The van der Waals surface area contributed by atoms with E-state index < -0.39 is 0 Å². The van der Waals surface area contributed by atoms with Crippen LogP contribution in [0.2, 0.25) is 5.15 Å². The SMILES string of the molecule is Cc1nc(Cl)cc(-c2cncc(OC(C)C)c2)n1. The van der Waals surface area contributed by atoms with Gasteiger partial charge in [0.15, 0.2) is 0 Å². The van der Waals surface area contributed by atoms with Crippen molar-refractivity contribution >= 4 is 11.6 Å². The fourth-order valence-corrected chi connectivity index (χ4v) is 1.80. The van der Waals surface area contributed by atoms with Crippen LogP contribution in [0.4, 0.5) is 0 Å². The molecule has 0 atom stereocenters. The monoisotopic (exact) mass is 263 g/mol. The number of hydrogen-bond acceptors (Lipinski definition) is 4. The number of halogens is 1. The van der Waals surface area contributed by atoms with Gasteiger partial charge in [0.1, 0.15) is 16.7 Å². The number of aromatic nitrogens is 3. The Bertz CT molecular complexity index is 537. The van der Waals surface area contributed by atoms with Crippen molar-refractivity contribution in [3.63, 3.8) is 0 Å². The molecular weight excluding hydrogens is 250 g/mol. The molecule has 0 unspecified atom stereocenters. The maximum atomic E-state index is 5.92. The first-order chi connectivity index (χ1) is 8.54. The number of hydrogen-bond donors (Lipinski definition) is 0. The van der Waals surface area contributed by atoms with E-state index in [1.54, 1.807) is 25.4 Å². The largest absolute Gasteiger partial charge is 0.489 e. The van der Waals surface area contributed by atoms with Gasteiger partial charge in [-0.05, 0) is 26.8 Å². The molecule has 2 aromatic rings. The molecule has 0 aliphatic rings. The van der Waals surface area contributed by atoms with E-state index in [1.165, 1.54) is 0 Å². The number of nitrogens with zero attached hydrogens (tertiary/aromatic N) is 3. The molecule has 0 aliphatic heterocycles. The first-order valence-electron chi connectivity index (χ1n) is 5.68. The number of ether oxygens (including phenoxy) is 1. The molecule has 0 aromatic carbocycles. The Kier molecular flexibility index (Phi) is 3.77. The zero-order valence-electron chi connectivity index (χ0n) is 10.5. The van der Waals surface area contributed by atoms with Crippen molar-refractivity contribution in [3.8, 4) is 17.0 Å². The van der Waals surface area contributed by atoms with Gasteiger partial charge >= 0.3 is 0 Å².